The van der Waals surface area contributed by atoms with E-state index in [1.54, 1.807) is 0 Å². The van der Waals surface area contributed by atoms with E-state index in [2.05, 4.69) is 17.6 Å². The average molecular weight is 240 g/mol. The summed E-state index contributed by atoms with van der Waals surface area (Å²) in [6.45, 7) is 7.80. The molecule has 2 aliphatic heterocycles. The van der Waals surface area contributed by atoms with Gasteiger partial charge < -0.3 is 15.4 Å². The van der Waals surface area contributed by atoms with E-state index in [1.165, 1.54) is 12.8 Å². The molecule has 4 nitrogen and oxygen atoms in total. The summed E-state index contributed by atoms with van der Waals surface area (Å²) in [4.78, 5) is 11.8. The van der Waals surface area contributed by atoms with Gasteiger partial charge in [0.05, 0.1) is 0 Å². The van der Waals surface area contributed by atoms with Gasteiger partial charge in [-0.15, -0.1) is 0 Å². The monoisotopic (exact) mass is 240 g/mol. The normalized spacial score (nSPS) is 36.7. The zero-order valence-corrected chi connectivity index (χ0v) is 11.3. The molecule has 3 atom stereocenters. The quantitative estimate of drug-likeness (QED) is 0.738. The Hall–Kier alpha value is -0.770. The van der Waals surface area contributed by atoms with E-state index < -0.39 is 5.60 Å². The Morgan fingerprint density at radius 3 is 2.29 bits per heavy atom. The lowest BCUT2D eigenvalue weighted by atomic mass is 9.86. The van der Waals surface area contributed by atoms with Crippen molar-refractivity contribution in [2.24, 2.45) is 0 Å². The third-order valence-electron chi connectivity index (χ3n) is 3.53. The highest BCUT2D eigenvalue weighted by Gasteiger charge is 2.42. The van der Waals surface area contributed by atoms with Crippen LogP contribution in [0.1, 0.15) is 53.4 Å². The van der Waals surface area contributed by atoms with Gasteiger partial charge in [0, 0.05) is 17.6 Å². The Kier molecular flexibility index (Phi) is 3.10. The summed E-state index contributed by atoms with van der Waals surface area (Å²) in [5.74, 6) is 0. The van der Waals surface area contributed by atoms with Gasteiger partial charge in [-0.1, -0.05) is 0 Å². The number of hydrogen-bond donors (Lipinski definition) is 2. The zero-order valence-electron chi connectivity index (χ0n) is 11.3. The second-order valence-corrected chi connectivity index (χ2v) is 6.73. The van der Waals surface area contributed by atoms with Crippen LogP contribution >= 0.6 is 0 Å². The topological polar surface area (TPSA) is 50.4 Å². The molecule has 2 N–H and O–H groups in total. The Bertz CT molecular complexity index is 297. The van der Waals surface area contributed by atoms with Gasteiger partial charge in [0.15, 0.2) is 0 Å². The van der Waals surface area contributed by atoms with E-state index in [9.17, 15) is 4.79 Å². The molecule has 2 fully saturated rings. The van der Waals surface area contributed by atoms with E-state index in [4.69, 9.17) is 4.74 Å². The van der Waals surface area contributed by atoms with Crippen LogP contribution < -0.4 is 10.6 Å². The molecule has 0 aromatic carbocycles. The van der Waals surface area contributed by atoms with Crippen molar-refractivity contribution in [3.63, 3.8) is 0 Å². The summed E-state index contributed by atoms with van der Waals surface area (Å²) in [7, 11) is 0. The van der Waals surface area contributed by atoms with Crippen LogP contribution in [0, 0.1) is 0 Å². The van der Waals surface area contributed by atoms with Crippen molar-refractivity contribution < 1.29 is 9.53 Å². The standard InChI is InChI=1S/C13H24N2O2/c1-12(2,3)17-11(16)15-13(4)7-9-5-6-10(8-13)14-9/h9-10,14H,5-8H2,1-4H3,(H,15,16)/t9-,10+,13+. The molecule has 0 spiro atoms. The van der Waals surface area contributed by atoms with Crippen molar-refractivity contribution in [3.8, 4) is 0 Å². The highest BCUT2D eigenvalue weighted by Crippen LogP contribution is 2.33. The summed E-state index contributed by atoms with van der Waals surface area (Å²) >= 11 is 0. The average Bonchev–Trinajstić information content (AvgIpc) is 2.41. The minimum absolute atomic E-state index is 0.112. The van der Waals surface area contributed by atoms with Gasteiger partial charge in [-0.2, -0.15) is 0 Å². The Morgan fingerprint density at radius 2 is 1.82 bits per heavy atom. The van der Waals surface area contributed by atoms with Gasteiger partial charge in [0.25, 0.3) is 0 Å². The first-order valence-corrected chi connectivity index (χ1v) is 6.53. The summed E-state index contributed by atoms with van der Waals surface area (Å²) in [6.07, 6.45) is 4.18. The fourth-order valence-corrected chi connectivity index (χ4v) is 3.05. The molecule has 0 radical (unpaired) electrons. The Morgan fingerprint density at radius 1 is 1.29 bits per heavy atom. The molecule has 2 heterocycles. The molecule has 2 saturated heterocycles. The van der Waals surface area contributed by atoms with Crippen LogP contribution in [0.25, 0.3) is 0 Å². The fraction of sp³-hybridized carbons (Fsp3) is 0.923. The van der Waals surface area contributed by atoms with E-state index in [1.807, 2.05) is 20.8 Å². The molecule has 2 aliphatic rings. The van der Waals surface area contributed by atoms with Crippen molar-refractivity contribution >= 4 is 6.09 Å². The largest absolute Gasteiger partial charge is 0.444 e. The molecule has 0 aromatic heterocycles. The lowest BCUT2D eigenvalue weighted by Crippen LogP contribution is -2.56. The number of rotatable bonds is 1. The molecule has 2 bridgehead atoms. The molecule has 0 saturated carbocycles. The Labute approximate surface area is 103 Å². The minimum atomic E-state index is -0.424. The molecule has 98 valence electrons. The molecule has 0 unspecified atom stereocenters. The van der Waals surface area contributed by atoms with Crippen LogP contribution in [0.2, 0.25) is 0 Å². The molecule has 2 rings (SSSR count). The maximum absolute atomic E-state index is 11.8. The number of fused-ring (bicyclic) bond motifs is 2. The van der Waals surface area contributed by atoms with Crippen LogP contribution in [-0.2, 0) is 4.74 Å². The predicted molar refractivity (Wildman–Crippen MR) is 67.0 cm³/mol. The first-order chi connectivity index (χ1) is 7.76. The molecule has 17 heavy (non-hydrogen) atoms. The minimum Gasteiger partial charge on any atom is -0.444 e. The zero-order chi connectivity index (χ0) is 12.7. The molecule has 0 aromatic rings. The van der Waals surface area contributed by atoms with Gasteiger partial charge in [0.1, 0.15) is 5.60 Å². The van der Waals surface area contributed by atoms with Gasteiger partial charge in [-0.25, -0.2) is 4.79 Å². The first-order valence-electron chi connectivity index (χ1n) is 6.53. The van der Waals surface area contributed by atoms with E-state index in [0.29, 0.717) is 12.1 Å². The van der Waals surface area contributed by atoms with E-state index in [0.717, 1.165) is 12.8 Å². The number of ether oxygens (including phenoxy) is 1. The van der Waals surface area contributed by atoms with E-state index >= 15 is 0 Å². The van der Waals surface area contributed by atoms with Crippen LogP contribution in [-0.4, -0.2) is 29.3 Å². The van der Waals surface area contributed by atoms with Crippen molar-refractivity contribution in [1.82, 2.24) is 10.6 Å². The lowest BCUT2D eigenvalue weighted by molar-refractivity contribution is 0.0429. The summed E-state index contributed by atoms with van der Waals surface area (Å²) in [5, 5.41) is 6.63. The van der Waals surface area contributed by atoms with Crippen LogP contribution in [0.3, 0.4) is 0 Å². The highest BCUT2D eigenvalue weighted by atomic mass is 16.6. The molecular weight excluding hydrogens is 216 g/mol. The third kappa shape index (κ3) is 3.35. The van der Waals surface area contributed by atoms with Gasteiger partial charge in [0.2, 0.25) is 0 Å². The summed E-state index contributed by atoms with van der Waals surface area (Å²) in [5.41, 5.74) is -0.536. The van der Waals surface area contributed by atoms with Crippen LogP contribution in [0.5, 0.6) is 0 Å². The SMILES string of the molecule is CC(C)(C)OC(=O)N[C@@]1(C)C[C@H]2CC[C@@H](C1)N2. The lowest BCUT2D eigenvalue weighted by Gasteiger charge is -2.39. The third-order valence-corrected chi connectivity index (χ3v) is 3.53. The second-order valence-electron chi connectivity index (χ2n) is 6.73. The summed E-state index contributed by atoms with van der Waals surface area (Å²) in [6, 6.07) is 1.13. The number of piperidine rings is 1. The predicted octanol–water partition coefficient (Wildman–Crippen LogP) is 2.18. The van der Waals surface area contributed by atoms with Crippen molar-refractivity contribution in [1.29, 1.82) is 0 Å². The second kappa shape index (κ2) is 4.16. The number of carbonyl (C=O) groups is 1. The van der Waals surface area contributed by atoms with Gasteiger partial charge in [-0.05, 0) is 53.4 Å². The number of amides is 1. The van der Waals surface area contributed by atoms with Crippen molar-refractivity contribution in [2.75, 3.05) is 0 Å². The fourth-order valence-electron chi connectivity index (χ4n) is 3.05. The van der Waals surface area contributed by atoms with Crippen LogP contribution in [0.4, 0.5) is 4.79 Å². The van der Waals surface area contributed by atoms with Crippen LogP contribution in [0.15, 0.2) is 0 Å². The van der Waals surface area contributed by atoms with Gasteiger partial charge in [-0.3, -0.25) is 0 Å². The maximum atomic E-state index is 11.8. The number of alkyl carbamates (subject to hydrolysis) is 1. The highest BCUT2D eigenvalue weighted by molar-refractivity contribution is 5.68. The van der Waals surface area contributed by atoms with Gasteiger partial charge >= 0.3 is 6.09 Å². The van der Waals surface area contributed by atoms with Crippen molar-refractivity contribution in [2.45, 2.75) is 76.6 Å². The maximum Gasteiger partial charge on any atom is 0.408 e. The molecule has 1 amide bonds. The smallest absolute Gasteiger partial charge is 0.408 e. The number of carbonyl (C=O) groups excluding carboxylic acids is 1. The van der Waals surface area contributed by atoms with E-state index in [-0.39, 0.29) is 11.6 Å². The Balaban J connectivity index is 1.91. The first kappa shape index (κ1) is 12.7. The van der Waals surface area contributed by atoms with Crippen molar-refractivity contribution in [3.05, 3.63) is 0 Å². The number of hydrogen-bond acceptors (Lipinski definition) is 3. The number of nitrogens with one attached hydrogen (secondary N) is 2. The molecular formula is C13H24N2O2. The molecule has 0 aliphatic carbocycles. The summed E-state index contributed by atoms with van der Waals surface area (Å²) < 4.78 is 5.33. The molecule has 4 heteroatoms.